The Balaban J connectivity index is 1.74. The van der Waals surface area contributed by atoms with E-state index in [1.54, 1.807) is 23.7 Å². The van der Waals surface area contributed by atoms with Crippen LogP contribution in [0, 0.1) is 0 Å². The molecule has 0 amide bonds. The summed E-state index contributed by atoms with van der Waals surface area (Å²) in [6.45, 7) is 2.10. The molecule has 22 heavy (non-hydrogen) atoms. The van der Waals surface area contributed by atoms with E-state index in [0.717, 1.165) is 40.5 Å². The maximum absolute atomic E-state index is 4.77. The molecule has 0 unspecified atom stereocenters. The fourth-order valence-corrected chi connectivity index (χ4v) is 3.54. The molecule has 0 aromatic carbocycles. The summed E-state index contributed by atoms with van der Waals surface area (Å²) in [6, 6.07) is 6.37. The Labute approximate surface area is 132 Å². The van der Waals surface area contributed by atoms with Gasteiger partial charge in [0.25, 0.3) is 0 Å². The zero-order chi connectivity index (χ0) is 14.8. The van der Waals surface area contributed by atoms with Gasteiger partial charge in [0.15, 0.2) is 5.82 Å². The second-order valence-corrected chi connectivity index (χ2v) is 6.37. The van der Waals surface area contributed by atoms with Crippen LogP contribution in [0.1, 0.15) is 12.8 Å². The van der Waals surface area contributed by atoms with Crippen molar-refractivity contribution < 1.29 is 0 Å². The number of hydrogen-bond acceptors (Lipinski definition) is 6. The highest BCUT2D eigenvalue weighted by atomic mass is 32.1. The first-order chi connectivity index (χ1) is 10.9. The molecule has 1 aliphatic heterocycles. The minimum atomic E-state index is 0.430. The SMILES string of the molecule is c1cc(-c2nc(N[C@@H]3CCCNC3)c3sccc3n2)ccn1. The first-order valence-electron chi connectivity index (χ1n) is 7.53. The Hall–Kier alpha value is -2.05. The highest BCUT2D eigenvalue weighted by molar-refractivity contribution is 7.17. The number of pyridine rings is 1. The molecule has 3 aromatic heterocycles. The van der Waals surface area contributed by atoms with Gasteiger partial charge in [-0.1, -0.05) is 0 Å². The second kappa shape index (κ2) is 5.98. The summed E-state index contributed by atoms with van der Waals surface area (Å²) in [7, 11) is 0. The molecule has 1 saturated heterocycles. The van der Waals surface area contributed by atoms with E-state index in [1.165, 1.54) is 12.8 Å². The molecule has 1 aliphatic rings. The Morgan fingerprint density at radius 2 is 2.09 bits per heavy atom. The van der Waals surface area contributed by atoms with Crippen molar-refractivity contribution in [3.8, 4) is 11.4 Å². The molecule has 5 nitrogen and oxygen atoms in total. The minimum Gasteiger partial charge on any atom is -0.365 e. The number of nitrogens with zero attached hydrogens (tertiary/aromatic N) is 3. The van der Waals surface area contributed by atoms with Crippen molar-refractivity contribution in [1.29, 1.82) is 0 Å². The lowest BCUT2D eigenvalue weighted by Gasteiger charge is -2.24. The van der Waals surface area contributed by atoms with Crippen LogP contribution >= 0.6 is 11.3 Å². The molecule has 0 bridgehead atoms. The monoisotopic (exact) mass is 311 g/mol. The van der Waals surface area contributed by atoms with Crippen molar-refractivity contribution in [2.45, 2.75) is 18.9 Å². The van der Waals surface area contributed by atoms with E-state index in [4.69, 9.17) is 4.98 Å². The average Bonchev–Trinajstić information content (AvgIpc) is 3.05. The number of aromatic nitrogens is 3. The second-order valence-electron chi connectivity index (χ2n) is 5.45. The quantitative estimate of drug-likeness (QED) is 0.779. The topological polar surface area (TPSA) is 62.7 Å². The van der Waals surface area contributed by atoms with Gasteiger partial charge in [0.2, 0.25) is 0 Å². The maximum atomic E-state index is 4.77. The lowest BCUT2D eigenvalue weighted by Crippen LogP contribution is -2.38. The first kappa shape index (κ1) is 13.6. The molecular weight excluding hydrogens is 294 g/mol. The van der Waals surface area contributed by atoms with Crippen LogP contribution in [0.3, 0.4) is 0 Å². The van der Waals surface area contributed by atoms with Gasteiger partial charge in [-0.05, 0) is 43.0 Å². The number of thiophene rings is 1. The summed E-state index contributed by atoms with van der Waals surface area (Å²) in [6.07, 6.45) is 5.92. The predicted octanol–water partition coefficient (Wildman–Crippen LogP) is 2.92. The molecule has 2 N–H and O–H groups in total. The molecule has 0 radical (unpaired) electrons. The summed E-state index contributed by atoms with van der Waals surface area (Å²) in [5.74, 6) is 1.69. The van der Waals surface area contributed by atoms with Crippen molar-refractivity contribution in [1.82, 2.24) is 20.3 Å². The summed E-state index contributed by atoms with van der Waals surface area (Å²) in [5, 5.41) is 9.10. The fraction of sp³-hybridized carbons (Fsp3) is 0.312. The van der Waals surface area contributed by atoms with Gasteiger partial charge in [-0.15, -0.1) is 11.3 Å². The molecule has 112 valence electrons. The van der Waals surface area contributed by atoms with Crippen molar-refractivity contribution in [3.63, 3.8) is 0 Å². The molecule has 1 atom stereocenters. The Morgan fingerprint density at radius 1 is 1.18 bits per heavy atom. The van der Waals surface area contributed by atoms with Gasteiger partial charge in [-0.2, -0.15) is 0 Å². The number of piperidine rings is 1. The van der Waals surface area contributed by atoms with Crippen LogP contribution in [0.25, 0.3) is 21.6 Å². The van der Waals surface area contributed by atoms with Crippen LogP contribution in [0.5, 0.6) is 0 Å². The highest BCUT2D eigenvalue weighted by Gasteiger charge is 2.16. The van der Waals surface area contributed by atoms with E-state index in [1.807, 2.05) is 12.1 Å². The lowest BCUT2D eigenvalue weighted by atomic mass is 10.1. The van der Waals surface area contributed by atoms with E-state index < -0.39 is 0 Å². The molecule has 1 fully saturated rings. The Kier molecular flexibility index (Phi) is 3.70. The molecule has 0 aliphatic carbocycles. The lowest BCUT2D eigenvalue weighted by molar-refractivity contribution is 0.479. The number of nitrogens with one attached hydrogen (secondary N) is 2. The van der Waals surface area contributed by atoms with Crippen LogP contribution in [0.15, 0.2) is 36.0 Å². The molecule has 0 saturated carbocycles. The Morgan fingerprint density at radius 3 is 2.91 bits per heavy atom. The van der Waals surface area contributed by atoms with E-state index in [0.29, 0.717) is 6.04 Å². The Bertz CT molecular complexity index is 765. The van der Waals surface area contributed by atoms with Gasteiger partial charge in [0, 0.05) is 30.5 Å². The smallest absolute Gasteiger partial charge is 0.162 e. The van der Waals surface area contributed by atoms with Gasteiger partial charge in [0.05, 0.1) is 10.2 Å². The maximum Gasteiger partial charge on any atom is 0.162 e. The van der Waals surface area contributed by atoms with Crippen LogP contribution in [0.2, 0.25) is 0 Å². The third-order valence-corrected chi connectivity index (χ3v) is 4.79. The predicted molar refractivity (Wildman–Crippen MR) is 90.2 cm³/mol. The van der Waals surface area contributed by atoms with Gasteiger partial charge < -0.3 is 10.6 Å². The molecular formula is C16H17N5S. The highest BCUT2D eigenvalue weighted by Crippen LogP contribution is 2.29. The zero-order valence-electron chi connectivity index (χ0n) is 12.1. The summed E-state index contributed by atoms with van der Waals surface area (Å²) < 4.78 is 1.13. The van der Waals surface area contributed by atoms with Gasteiger partial charge in [0.1, 0.15) is 5.82 Å². The summed E-state index contributed by atoms with van der Waals surface area (Å²) in [5.41, 5.74) is 1.99. The van der Waals surface area contributed by atoms with Crippen molar-refractivity contribution in [2.24, 2.45) is 0 Å². The third kappa shape index (κ3) is 2.67. The van der Waals surface area contributed by atoms with E-state index in [-0.39, 0.29) is 0 Å². The van der Waals surface area contributed by atoms with Crippen LogP contribution in [-0.4, -0.2) is 34.1 Å². The van der Waals surface area contributed by atoms with Gasteiger partial charge in [-0.25, -0.2) is 9.97 Å². The van der Waals surface area contributed by atoms with Crippen LogP contribution < -0.4 is 10.6 Å². The number of fused-ring (bicyclic) bond motifs is 1. The molecule has 4 rings (SSSR count). The fourth-order valence-electron chi connectivity index (χ4n) is 2.76. The van der Waals surface area contributed by atoms with Gasteiger partial charge >= 0.3 is 0 Å². The summed E-state index contributed by atoms with van der Waals surface area (Å²) in [4.78, 5) is 13.5. The number of anilines is 1. The van der Waals surface area contributed by atoms with E-state index >= 15 is 0 Å². The van der Waals surface area contributed by atoms with Gasteiger partial charge in [-0.3, -0.25) is 4.98 Å². The standard InChI is InChI=1S/C16H17N5S/c1-2-12(10-18-6-1)19-16-14-13(5-9-22-14)20-15(21-16)11-3-7-17-8-4-11/h3-5,7-9,12,18H,1-2,6,10H2,(H,19,20,21)/t12-/m1/s1. The van der Waals surface area contributed by atoms with Crippen molar-refractivity contribution >= 4 is 27.4 Å². The first-order valence-corrected chi connectivity index (χ1v) is 8.41. The van der Waals surface area contributed by atoms with Crippen LogP contribution in [0.4, 0.5) is 5.82 Å². The normalized spacial score (nSPS) is 18.5. The van der Waals surface area contributed by atoms with Crippen LogP contribution in [-0.2, 0) is 0 Å². The van der Waals surface area contributed by atoms with E-state index in [9.17, 15) is 0 Å². The molecule has 4 heterocycles. The third-order valence-electron chi connectivity index (χ3n) is 3.88. The largest absolute Gasteiger partial charge is 0.365 e. The van der Waals surface area contributed by atoms with E-state index in [2.05, 4.69) is 32.0 Å². The summed E-state index contributed by atoms with van der Waals surface area (Å²) >= 11 is 1.69. The van der Waals surface area contributed by atoms with Crippen molar-refractivity contribution in [3.05, 3.63) is 36.0 Å². The molecule has 0 spiro atoms. The number of rotatable bonds is 3. The van der Waals surface area contributed by atoms with Crippen molar-refractivity contribution in [2.75, 3.05) is 18.4 Å². The average molecular weight is 311 g/mol. The number of hydrogen-bond donors (Lipinski definition) is 2. The molecule has 3 aromatic rings. The minimum absolute atomic E-state index is 0.430. The molecule has 6 heteroatoms. The zero-order valence-corrected chi connectivity index (χ0v) is 12.9.